The number of pyridine rings is 1. The molecule has 2 aliphatic rings. The molecular weight excluding hydrogens is 398 g/mol. The summed E-state index contributed by atoms with van der Waals surface area (Å²) in [5, 5.41) is 0.615. The first-order chi connectivity index (χ1) is 13.3. The van der Waals surface area contributed by atoms with Crippen molar-refractivity contribution >= 4 is 33.2 Å². The molecule has 0 saturated carbocycles. The Hall–Kier alpha value is -1.96. The molecule has 3 heterocycles. The third-order valence-corrected chi connectivity index (χ3v) is 7.61. The van der Waals surface area contributed by atoms with Crippen molar-refractivity contribution < 1.29 is 13.2 Å². The fourth-order valence-electron chi connectivity index (χ4n) is 3.97. The van der Waals surface area contributed by atoms with Gasteiger partial charge in [0.2, 0.25) is 10.0 Å². The second kappa shape index (κ2) is 7.13. The number of amides is 1. The molecule has 8 heteroatoms. The SMILES string of the molecule is CCS(=O)(=O)N1CC(Cc2cncc(N3C(=O)c4ccc(Cl)cc4C3C)c2)C1. The lowest BCUT2D eigenvalue weighted by Crippen LogP contribution is -2.51. The number of hydrogen-bond donors (Lipinski definition) is 0. The van der Waals surface area contributed by atoms with Gasteiger partial charge in [0.05, 0.1) is 23.7 Å². The third-order valence-electron chi connectivity index (χ3n) is 5.57. The van der Waals surface area contributed by atoms with E-state index in [0.29, 0.717) is 23.7 Å². The summed E-state index contributed by atoms with van der Waals surface area (Å²) >= 11 is 6.10. The minimum absolute atomic E-state index is 0.0537. The molecule has 0 radical (unpaired) electrons. The molecule has 1 saturated heterocycles. The molecule has 1 atom stereocenters. The van der Waals surface area contributed by atoms with Crippen LogP contribution < -0.4 is 4.90 Å². The molecule has 1 aromatic carbocycles. The molecule has 4 rings (SSSR count). The van der Waals surface area contributed by atoms with Crippen LogP contribution in [0.15, 0.2) is 36.7 Å². The van der Waals surface area contributed by atoms with Gasteiger partial charge in [-0.2, -0.15) is 0 Å². The van der Waals surface area contributed by atoms with Crippen molar-refractivity contribution in [1.29, 1.82) is 0 Å². The number of carbonyl (C=O) groups is 1. The summed E-state index contributed by atoms with van der Waals surface area (Å²) in [4.78, 5) is 19.0. The minimum atomic E-state index is -3.10. The van der Waals surface area contributed by atoms with Gasteiger partial charge in [-0.3, -0.25) is 14.7 Å². The summed E-state index contributed by atoms with van der Waals surface area (Å²) in [5.41, 5.74) is 3.34. The summed E-state index contributed by atoms with van der Waals surface area (Å²) in [6.07, 6.45) is 4.22. The number of carbonyl (C=O) groups excluding carboxylic acids is 1. The van der Waals surface area contributed by atoms with E-state index >= 15 is 0 Å². The van der Waals surface area contributed by atoms with Gasteiger partial charge in [0, 0.05) is 29.9 Å². The monoisotopic (exact) mass is 419 g/mol. The maximum atomic E-state index is 12.9. The molecular formula is C20H22ClN3O3S. The molecule has 6 nitrogen and oxygen atoms in total. The Morgan fingerprint density at radius 2 is 1.96 bits per heavy atom. The Kier molecular flexibility index (Phi) is 4.93. The molecule has 2 aromatic rings. The molecule has 0 spiro atoms. The van der Waals surface area contributed by atoms with Crippen molar-refractivity contribution in [1.82, 2.24) is 9.29 Å². The second-order valence-corrected chi connectivity index (χ2v) is 10.1. The maximum Gasteiger partial charge on any atom is 0.259 e. The Morgan fingerprint density at radius 1 is 1.21 bits per heavy atom. The average molecular weight is 420 g/mol. The molecule has 1 fully saturated rings. The number of sulfonamides is 1. The first kappa shape index (κ1) is 19.4. The highest BCUT2D eigenvalue weighted by Gasteiger charge is 2.36. The molecule has 0 aliphatic carbocycles. The van der Waals surface area contributed by atoms with E-state index in [2.05, 4.69) is 4.98 Å². The Bertz CT molecular complexity index is 1030. The molecule has 148 valence electrons. The van der Waals surface area contributed by atoms with Crippen LogP contribution in [0, 0.1) is 5.92 Å². The van der Waals surface area contributed by atoms with E-state index in [1.807, 2.05) is 19.1 Å². The third kappa shape index (κ3) is 3.32. The van der Waals surface area contributed by atoms with Crippen LogP contribution in [-0.2, 0) is 16.4 Å². The average Bonchev–Trinajstić information content (AvgIpc) is 2.88. The van der Waals surface area contributed by atoms with Crippen LogP contribution in [0.5, 0.6) is 0 Å². The number of anilines is 1. The predicted molar refractivity (Wildman–Crippen MR) is 109 cm³/mol. The van der Waals surface area contributed by atoms with Crippen LogP contribution >= 0.6 is 11.6 Å². The fraction of sp³-hybridized carbons (Fsp3) is 0.400. The molecule has 1 aromatic heterocycles. The Labute approximate surface area is 170 Å². The zero-order chi connectivity index (χ0) is 20.1. The quantitative estimate of drug-likeness (QED) is 0.745. The van der Waals surface area contributed by atoms with Crippen LogP contribution in [0.3, 0.4) is 0 Å². The fourth-order valence-corrected chi connectivity index (χ4v) is 5.39. The van der Waals surface area contributed by atoms with E-state index < -0.39 is 10.0 Å². The standard InChI is InChI=1S/C20H22ClN3O3S/c1-3-28(26,27)23-11-15(12-23)6-14-7-17(10-22-9-14)24-13(2)19-8-16(21)4-5-18(19)20(24)25/h4-5,7-10,13,15H,3,6,11-12H2,1-2H3. The van der Waals surface area contributed by atoms with Crippen molar-refractivity contribution in [2.45, 2.75) is 26.3 Å². The normalized spacial score (nSPS) is 20.3. The van der Waals surface area contributed by atoms with Gasteiger partial charge in [-0.15, -0.1) is 0 Å². The zero-order valence-electron chi connectivity index (χ0n) is 15.8. The van der Waals surface area contributed by atoms with Crippen molar-refractivity contribution in [2.24, 2.45) is 5.92 Å². The summed E-state index contributed by atoms with van der Waals surface area (Å²) in [6.45, 7) is 4.73. The van der Waals surface area contributed by atoms with E-state index in [1.54, 1.807) is 36.4 Å². The van der Waals surface area contributed by atoms with Crippen molar-refractivity contribution in [3.63, 3.8) is 0 Å². The smallest absolute Gasteiger partial charge is 0.259 e. The maximum absolute atomic E-state index is 12.9. The van der Waals surface area contributed by atoms with Gasteiger partial charge in [0.1, 0.15) is 0 Å². The van der Waals surface area contributed by atoms with Gasteiger partial charge in [-0.05, 0) is 61.6 Å². The van der Waals surface area contributed by atoms with Crippen LogP contribution in [-0.4, -0.2) is 42.5 Å². The molecule has 1 unspecified atom stereocenters. The van der Waals surface area contributed by atoms with E-state index in [1.165, 1.54) is 4.31 Å². The van der Waals surface area contributed by atoms with Gasteiger partial charge in [0.15, 0.2) is 0 Å². The van der Waals surface area contributed by atoms with E-state index in [-0.39, 0.29) is 23.6 Å². The van der Waals surface area contributed by atoms with Gasteiger partial charge in [0.25, 0.3) is 5.91 Å². The molecule has 2 aliphatic heterocycles. The summed E-state index contributed by atoms with van der Waals surface area (Å²) in [5.74, 6) is 0.360. The summed E-state index contributed by atoms with van der Waals surface area (Å²) < 4.78 is 25.3. The van der Waals surface area contributed by atoms with Gasteiger partial charge in [-0.25, -0.2) is 12.7 Å². The van der Waals surface area contributed by atoms with Crippen LogP contribution in [0.2, 0.25) is 5.02 Å². The van der Waals surface area contributed by atoms with Crippen molar-refractivity contribution in [3.05, 3.63) is 58.4 Å². The minimum Gasteiger partial charge on any atom is -0.300 e. The van der Waals surface area contributed by atoms with Crippen LogP contribution in [0.1, 0.15) is 41.4 Å². The summed E-state index contributed by atoms with van der Waals surface area (Å²) in [7, 11) is -3.10. The lowest BCUT2D eigenvalue weighted by atomic mass is 9.95. The van der Waals surface area contributed by atoms with E-state index in [4.69, 9.17) is 11.6 Å². The zero-order valence-corrected chi connectivity index (χ0v) is 17.4. The first-order valence-corrected chi connectivity index (χ1v) is 11.3. The van der Waals surface area contributed by atoms with Crippen molar-refractivity contribution in [2.75, 3.05) is 23.7 Å². The number of benzene rings is 1. The summed E-state index contributed by atoms with van der Waals surface area (Å²) in [6, 6.07) is 7.20. The number of fused-ring (bicyclic) bond motifs is 1. The highest BCUT2D eigenvalue weighted by molar-refractivity contribution is 7.89. The number of nitrogens with zero attached hydrogens (tertiary/aromatic N) is 3. The van der Waals surface area contributed by atoms with Crippen LogP contribution in [0.25, 0.3) is 0 Å². The van der Waals surface area contributed by atoms with E-state index in [0.717, 1.165) is 23.2 Å². The lowest BCUT2D eigenvalue weighted by molar-refractivity contribution is 0.0992. The van der Waals surface area contributed by atoms with Gasteiger partial charge in [-0.1, -0.05) is 11.6 Å². The Morgan fingerprint density at radius 3 is 2.68 bits per heavy atom. The van der Waals surface area contributed by atoms with Crippen LogP contribution in [0.4, 0.5) is 5.69 Å². The second-order valence-electron chi connectivity index (χ2n) is 7.42. The molecule has 28 heavy (non-hydrogen) atoms. The Balaban J connectivity index is 1.50. The largest absolute Gasteiger partial charge is 0.300 e. The number of aromatic nitrogens is 1. The number of hydrogen-bond acceptors (Lipinski definition) is 4. The van der Waals surface area contributed by atoms with Gasteiger partial charge < -0.3 is 0 Å². The van der Waals surface area contributed by atoms with E-state index in [9.17, 15) is 13.2 Å². The molecule has 1 amide bonds. The molecule has 0 bridgehead atoms. The number of halogens is 1. The topological polar surface area (TPSA) is 70.6 Å². The highest BCUT2D eigenvalue weighted by Crippen LogP contribution is 2.38. The highest BCUT2D eigenvalue weighted by atomic mass is 35.5. The predicted octanol–water partition coefficient (Wildman–Crippen LogP) is 3.28. The van der Waals surface area contributed by atoms with Gasteiger partial charge >= 0.3 is 0 Å². The first-order valence-electron chi connectivity index (χ1n) is 9.35. The number of rotatable bonds is 5. The lowest BCUT2D eigenvalue weighted by Gasteiger charge is -2.38. The van der Waals surface area contributed by atoms with Crippen molar-refractivity contribution in [3.8, 4) is 0 Å². The molecule has 0 N–H and O–H groups in total.